The first-order valence-electron chi connectivity index (χ1n) is 3.90. The maximum atomic E-state index is 10.8. The third kappa shape index (κ3) is 2.31. The van der Waals surface area contributed by atoms with Crippen molar-refractivity contribution in [2.45, 2.75) is 26.1 Å². The molecule has 1 aliphatic heterocycles. The number of carbonyl (C=O) groups is 1. The van der Waals surface area contributed by atoms with Crippen LogP contribution in [0.4, 0.5) is 0 Å². The number of aliphatic hydroxyl groups excluding tert-OH is 1. The molecule has 0 unspecified atom stereocenters. The van der Waals surface area contributed by atoms with Crippen molar-refractivity contribution in [2.24, 2.45) is 0 Å². The topological polar surface area (TPSA) is 46.5 Å². The molecular weight excluding hydrogens is 283 g/mol. The van der Waals surface area contributed by atoms with Crippen LogP contribution in [0, 0.1) is 0 Å². The van der Waals surface area contributed by atoms with Crippen molar-refractivity contribution >= 4 is 28.6 Å². The van der Waals surface area contributed by atoms with E-state index in [4.69, 9.17) is 4.74 Å². The fraction of sp³-hybridized carbons (Fsp3) is 0.444. The molecule has 0 radical (unpaired) electrons. The monoisotopic (exact) mass is 294 g/mol. The number of aliphatic hydroxyl groups is 1. The van der Waals surface area contributed by atoms with Crippen molar-refractivity contribution in [3.8, 4) is 0 Å². The third-order valence-electron chi connectivity index (χ3n) is 1.96. The molecule has 0 saturated carbocycles. The Kier molecular flexibility index (Phi) is 3.49. The number of halogens is 1. The summed E-state index contributed by atoms with van der Waals surface area (Å²) < 4.78 is 6.71. The van der Waals surface area contributed by atoms with Crippen LogP contribution < -0.4 is 0 Å². The summed E-state index contributed by atoms with van der Waals surface area (Å²) in [5.74, 6) is -0.372. The lowest BCUT2D eigenvalue weighted by Crippen LogP contribution is -2.28. The van der Waals surface area contributed by atoms with Gasteiger partial charge in [-0.1, -0.05) is 22.6 Å². The van der Waals surface area contributed by atoms with Crippen molar-refractivity contribution in [1.29, 1.82) is 0 Å². The first-order chi connectivity index (χ1) is 6.06. The predicted octanol–water partition coefficient (Wildman–Crippen LogP) is 1.56. The van der Waals surface area contributed by atoms with E-state index in [-0.39, 0.29) is 5.97 Å². The average molecular weight is 294 g/mol. The molecule has 3 nitrogen and oxygen atoms in total. The van der Waals surface area contributed by atoms with E-state index in [1.54, 1.807) is 17.9 Å². The number of esters is 1. The number of ether oxygens (including phenoxy) is 1. The minimum atomic E-state index is -0.723. The summed E-state index contributed by atoms with van der Waals surface area (Å²) in [6.07, 6.45) is 0.187. The molecule has 0 fully saturated rings. The Morgan fingerprint density at radius 2 is 2.46 bits per heavy atom. The van der Waals surface area contributed by atoms with Crippen LogP contribution >= 0.6 is 22.6 Å². The van der Waals surface area contributed by atoms with E-state index in [1.165, 1.54) is 6.08 Å². The highest BCUT2D eigenvalue weighted by Gasteiger charge is 2.30. The minimum absolute atomic E-state index is 0.372. The zero-order chi connectivity index (χ0) is 10.0. The molecule has 2 atom stereocenters. The van der Waals surface area contributed by atoms with Gasteiger partial charge in [-0.2, -0.15) is 0 Å². The van der Waals surface area contributed by atoms with Crippen molar-refractivity contribution in [1.82, 2.24) is 0 Å². The molecule has 1 N–H and O–H groups in total. The second kappa shape index (κ2) is 4.23. The Balaban J connectivity index is 2.75. The first-order valence-corrected chi connectivity index (χ1v) is 5.14. The van der Waals surface area contributed by atoms with Crippen LogP contribution in [0.2, 0.25) is 0 Å². The normalized spacial score (nSPS) is 25.5. The highest BCUT2D eigenvalue weighted by atomic mass is 127. The van der Waals surface area contributed by atoms with E-state index in [9.17, 15) is 9.90 Å². The van der Waals surface area contributed by atoms with Crippen LogP contribution in [0.3, 0.4) is 0 Å². The van der Waals surface area contributed by atoms with Crippen molar-refractivity contribution in [2.75, 3.05) is 0 Å². The fourth-order valence-corrected chi connectivity index (χ4v) is 1.51. The van der Waals surface area contributed by atoms with Gasteiger partial charge in [0.15, 0.2) is 6.10 Å². The summed E-state index contributed by atoms with van der Waals surface area (Å²) in [5.41, 5.74) is 1.57. The third-order valence-corrected chi connectivity index (χ3v) is 2.95. The SMILES string of the molecule is CC1=CC(=O)O[C@H]1[C@H](O)/C(C)=C/I. The van der Waals surface area contributed by atoms with Crippen molar-refractivity contribution in [3.05, 3.63) is 21.3 Å². The molecule has 4 heteroatoms. The van der Waals surface area contributed by atoms with Gasteiger partial charge in [0.25, 0.3) is 0 Å². The molecule has 0 amide bonds. The van der Waals surface area contributed by atoms with Gasteiger partial charge < -0.3 is 9.84 Å². The zero-order valence-corrected chi connectivity index (χ0v) is 9.61. The van der Waals surface area contributed by atoms with Crippen LogP contribution in [-0.4, -0.2) is 23.3 Å². The Labute approximate surface area is 90.6 Å². The van der Waals surface area contributed by atoms with Crippen LogP contribution in [0.25, 0.3) is 0 Å². The molecule has 1 aliphatic rings. The van der Waals surface area contributed by atoms with Gasteiger partial charge in [0.2, 0.25) is 0 Å². The Morgan fingerprint density at radius 1 is 1.85 bits per heavy atom. The number of carbonyl (C=O) groups excluding carboxylic acids is 1. The van der Waals surface area contributed by atoms with Gasteiger partial charge >= 0.3 is 5.97 Å². The summed E-state index contributed by atoms with van der Waals surface area (Å²) in [6.45, 7) is 3.58. The molecule has 0 aromatic rings. The minimum Gasteiger partial charge on any atom is -0.452 e. The highest BCUT2D eigenvalue weighted by molar-refractivity contribution is 14.1. The molecule has 0 aromatic carbocycles. The van der Waals surface area contributed by atoms with E-state index in [0.717, 1.165) is 11.1 Å². The van der Waals surface area contributed by atoms with Gasteiger partial charge in [0, 0.05) is 6.08 Å². The van der Waals surface area contributed by atoms with E-state index >= 15 is 0 Å². The summed E-state index contributed by atoms with van der Waals surface area (Å²) in [5, 5.41) is 9.71. The summed E-state index contributed by atoms with van der Waals surface area (Å²) in [6, 6.07) is 0. The molecule has 0 aromatic heterocycles. The Morgan fingerprint density at radius 3 is 2.85 bits per heavy atom. The molecule has 0 saturated heterocycles. The number of hydrogen-bond acceptors (Lipinski definition) is 3. The van der Waals surface area contributed by atoms with Gasteiger partial charge in [-0.25, -0.2) is 4.79 Å². The number of cyclic esters (lactones) is 1. The van der Waals surface area contributed by atoms with Crippen molar-refractivity contribution in [3.63, 3.8) is 0 Å². The number of hydrogen-bond donors (Lipinski definition) is 1. The molecule has 0 spiro atoms. The van der Waals surface area contributed by atoms with Gasteiger partial charge in [-0.05, 0) is 29.1 Å². The summed E-state index contributed by atoms with van der Waals surface area (Å²) in [7, 11) is 0. The van der Waals surface area contributed by atoms with Crippen molar-refractivity contribution < 1.29 is 14.6 Å². The standard InChI is InChI=1S/C9H11IO3/c1-5-3-7(11)13-9(5)8(12)6(2)4-10/h3-4,8-9,12H,1-2H3/b6-4+/t8-,9-/m1/s1. The molecule has 0 bridgehead atoms. The second-order valence-corrected chi connectivity index (χ2v) is 3.67. The van der Waals surface area contributed by atoms with Crippen LogP contribution in [-0.2, 0) is 9.53 Å². The highest BCUT2D eigenvalue weighted by Crippen LogP contribution is 2.22. The van der Waals surface area contributed by atoms with Gasteiger partial charge in [-0.3, -0.25) is 0 Å². The van der Waals surface area contributed by atoms with Crippen LogP contribution in [0.1, 0.15) is 13.8 Å². The van der Waals surface area contributed by atoms with Gasteiger partial charge in [0.1, 0.15) is 6.10 Å². The van der Waals surface area contributed by atoms with E-state index in [1.807, 2.05) is 22.6 Å². The summed E-state index contributed by atoms with van der Waals surface area (Å²) >= 11 is 2.05. The maximum Gasteiger partial charge on any atom is 0.331 e. The van der Waals surface area contributed by atoms with Crippen LogP contribution in [0.5, 0.6) is 0 Å². The quantitative estimate of drug-likeness (QED) is 0.621. The largest absolute Gasteiger partial charge is 0.452 e. The fourth-order valence-electron chi connectivity index (χ4n) is 1.14. The van der Waals surface area contributed by atoms with E-state index in [0.29, 0.717) is 0 Å². The average Bonchev–Trinajstić information content (AvgIpc) is 2.42. The molecule has 0 aliphatic carbocycles. The second-order valence-electron chi connectivity index (χ2n) is 3.04. The van der Waals surface area contributed by atoms with Gasteiger partial charge in [0.05, 0.1) is 0 Å². The molecule has 13 heavy (non-hydrogen) atoms. The van der Waals surface area contributed by atoms with E-state index < -0.39 is 12.2 Å². The van der Waals surface area contributed by atoms with Gasteiger partial charge in [-0.15, -0.1) is 0 Å². The lowest BCUT2D eigenvalue weighted by Gasteiger charge is -2.19. The zero-order valence-electron chi connectivity index (χ0n) is 7.45. The molecule has 1 heterocycles. The van der Waals surface area contributed by atoms with E-state index in [2.05, 4.69) is 0 Å². The Hall–Kier alpha value is -0.360. The smallest absolute Gasteiger partial charge is 0.331 e. The maximum absolute atomic E-state index is 10.8. The molecular formula is C9H11IO3. The number of rotatable bonds is 2. The van der Waals surface area contributed by atoms with Crippen LogP contribution in [0.15, 0.2) is 21.3 Å². The molecule has 72 valence electrons. The Bertz CT molecular complexity index is 281. The first kappa shape index (κ1) is 10.7. The lowest BCUT2D eigenvalue weighted by atomic mass is 10.0. The predicted molar refractivity (Wildman–Crippen MR) is 57.4 cm³/mol. The molecule has 1 rings (SSSR count). The summed E-state index contributed by atoms with van der Waals surface area (Å²) in [4.78, 5) is 10.8. The lowest BCUT2D eigenvalue weighted by molar-refractivity contribution is -0.142.